The van der Waals surface area contributed by atoms with Crippen LogP contribution in [-0.4, -0.2) is 13.1 Å². The molecule has 1 saturated carbocycles. The third-order valence-corrected chi connectivity index (χ3v) is 3.62. The van der Waals surface area contributed by atoms with Crippen molar-refractivity contribution in [2.75, 3.05) is 13.1 Å². The van der Waals surface area contributed by atoms with Gasteiger partial charge in [-0.2, -0.15) is 0 Å². The van der Waals surface area contributed by atoms with Crippen LogP contribution in [0.1, 0.15) is 77.6 Å². The van der Waals surface area contributed by atoms with Crippen LogP contribution in [0.4, 0.5) is 0 Å². The van der Waals surface area contributed by atoms with Crippen LogP contribution in [0.15, 0.2) is 0 Å². The van der Waals surface area contributed by atoms with Crippen molar-refractivity contribution in [3.8, 4) is 0 Å². The first kappa shape index (κ1) is 14.0. The highest BCUT2D eigenvalue weighted by Crippen LogP contribution is 2.33. The second-order valence-corrected chi connectivity index (χ2v) is 5.46. The summed E-state index contributed by atoms with van der Waals surface area (Å²) in [6.07, 6.45) is 15.9. The predicted molar refractivity (Wildman–Crippen MR) is 72.8 cm³/mol. The molecule has 0 aromatic heterocycles. The van der Waals surface area contributed by atoms with Crippen molar-refractivity contribution < 1.29 is 0 Å². The zero-order valence-corrected chi connectivity index (χ0v) is 11.3. The van der Waals surface area contributed by atoms with E-state index in [9.17, 15) is 0 Å². The zero-order valence-electron chi connectivity index (χ0n) is 11.3. The van der Waals surface area contributed by atoms with Crippen molar-refractivity contribution in [2.45, 2.75) is 77.6 Å². The van der Waals surface area contributed by atoms with Gasteiger partial charge in [0, 0.05) is 0 Å². The van der Waals surface area contributed by atoms with E-state index in [-0.39, 0.29) is 0 Å². The van der Waals surface area contributed by atoms with E-state index in [0.29, 0.717) is 0 Å². The molecule has 1 heteroatoms. The molecule has 0 spiro atoms. The number of hydrogen-bond donors (Lipinski definition) is 1. The average Bonchev–Trinajstić information content (AvgIpc) is 3.10. The molecule has 0 atom stereocenters. The molecule has 1 fully saturated rings. The third-order valence-electron chi connectivity index (χ3n) is 3.62. The molecule has 0 aromatic rings. The Labute approximate surface area is 102 Å². The van der Waals surface area contributed by atoms with Crippen molar-refractivity contribution in [1.29, 1.82) is 0 Å². The van der Waals surface area contributed by atoms with Gasteiger partial charge in [0.25, 0.3) is 0 Å². The van der Waals surface area contributed by atoms with Gasteiger partial charge in [0.15, 0.2) is 0 Å². The molecule has 0 amide bonds. The molecule has 1 aliphatic rings. The minimum atomic E-state index is 1.11. The fraction of sp³-hybridized carbons (Fsp3) is 1.00. The smallest absolute Gasteiger partial charge is 0.00488 e. The molecule has 0 bridgehead atoms. The van der Waals surface area contributed by atoms with Crippen molar-refractivity contribution in [2.24, 2.45) is 5.92 Å². The Hall–Kier alpha value is -0.0400. The van der Waals surface area contributed by atoms with E-state index in [1.165, 1.54) is 83.7 Å². The molecule has 1 N–H and O–H groups in total. The fourth-order valence-electron chi connectivity index (χ4n) is 2.25. The van der Waals surface area contributed by atoms with Crippen LogP contribution in [0.25, 0.3) is 0 Å². The van der Waals surface area contributed by atoms with E-state index in [1.54, 1.807) is 0 Å². The van der Waals surface area contributed by atoms with E-state index in [2.05, 4.69) is 12.2 Å². The molecule has 16 heavy (non-hydrogen) atoms. The molecule has 1 aliphatic carbocycles. The Morgan fingerprint density at radius 3 is 2.12 bits per heavy atom. The highest BCUT2D eigenvalue weighted by molar-refractivity contribution is 4.72. The second-order valence-electron chi connectivity index (χ2n) is 5.46. The highest BCUT2D eigenvalue weighted by Gasteiger charge is 2.19. The van der Waals surface area contributed by atoms with Crippen molar-refractivity contribution in [1.82, 2.24) is 5.32 Å². The van der Waals surface area contributed by atoms with Gasteiger partial charge in [0.2, 0.25) is 0 Å². The first-order valence-electron chi connectivity index (χ1n) is 7.64. The SMILES string of the molecule is CCCCCCCCCNCCCC1CC1. The van der Waals surface area contributed by atoms with Gasteiger partial charge in [-0.05, 0) is 38.3 Å². The molecule has 96 valence electrons. The minimum absolute atomic E-state index is 1.11. The van der Waals surface area contributed by atoms with E-state index < -0.39 is 0 Å². The lowest BCUT2D eigenvalue weighted by molar-refractivity contribution is 0.545. The lowest BCUT2D eigenvalue weighted by atomic mass is 10.1. The van der Waals surface area contributed by atoms with Gasteiger partial charge in [0.1, 0.15) is 0 Å². The highest BCUT2D eigenvalue weighted by atomic mass is 14.8. The molecule has 1 nitrogen and oxygen atoms in total. The lowest BCUT2D eigenvalue weighted by Crippen LogP contribution is -2.16. The van der Waals surface area contributed by atoms with Crippen molar-refractivity contribution in [3.63, 3.8) is 0 Å². The molecule has 0 aromatic carbocycles. The maximum atomic E-state index is 3.57. The van der Waals surface area contributed by atoms with Gasteiger partial charge in [-0.25, -0.2) is 0 Å². The maximum absolute atomic E-state index is 3.57. The van der Waals surface area contributed by atoms with E-state index in [4.69, 9.17) is 0 Å². The summed E-state index contributed by atoms with van der Waals surface area (Å²) in [5, 5.41) is 3.57. The quantitative estimate of drug-likeness (QED) is 0.482. The van der Waals surface area contributed by atoms with Gasteiger partial charge < -0.3 is 5.32 Å². The molecule has 1 rings (SSSR count). The van der Waals surface area contributed by atoms with Crippen LogP contribution < -0.4 is 5.32 Å². The standard InChI is InChI=1S/C15H31N/c1-2-3-4-5-6-7-8-13-16-14-9-10-15-11-12-15/h15-16H,2-14H2,1H3. The Morgan fingerprint density at radius 1 is 0.812 bits per heavy atom. The first-order valence-corrected chi connectivity index (χ1v) is 7.64. The number of unbranched alkanes of at least 4 members (excludes halogenated alkanes) is 6. The predicted octanol–water partition coefficient (Wildman–Crippen LogP) is 4.52. The van der Waals surface area contributed by atoms with Gasteiger partial charge >= 0.3 is 0 Å². The van der Waals surface area contributed by atoms with Crippen LogP contribution in [0.3, 0.4) is 0 Å². The number of rotatable bonds is 12. The van der Waals surface area contributed by atoms with Crippen LogP contribution >= 0.6 is 0 Å². The molecule has 0 radical (unpaired) electrons. The summed E-state index contributed by atoms with van der Waals surface area (Å²) < 4.78 is 0. The summed E-state index contributed by atoms with van der Waals surface area (Å²) in [7, 11) is 0. The Balaban J connectivity index is 1.61. The summed E-state index contributed by atoms with van der Waals surface area (Å²) in [6, 6.07) is 0. The minimum Gasteiger partial charge on any atom is -0.317 e. The normalized spacial score (nSPS) is 15.6. The summed E-state index contributed by atoms with van der Waals surface area (Å²) in [4.78, 5) is 0. The van der Waals surface area contributed by atoms with Gasteiger partial charge in [-0.1, -0.05) is 58.3 Å². The topological polar surface area (TPSA) is 12.0 Å². The van der Waals surface area contributed by atoms with Gasteiger partial charge in [-0.15, -0.1) is 0 Å². The Kier molecular flexibility index (Phi) is 8.88. The largest absolute Gasteiger partial charge is 0.317 e. The summed E-state index contributed by atoms with van der Waals surface area (Å²) >= 11 is 0. The molecular weight excluding hydrogens is 194 g/mol. The third kappa shape index (κ3) is 9.21. The fourth-order valence-corrected chi connectivity index (χ4v) is 2.25. The van der Waals surface area contributed by atoms with Crippen molar-refractivity contribution in [3.05, 3.63) is 0 Å². The van der Waals surface area contributed by atoms with Crippen LogP contribution in [0.2, 0.25) is 0 Å². The molecule has 0 aliphatic heterocycles. The zero-order chi connectivity index (χ0) is 11.5. The summed E-state index contributed by atoms with van der Waals surface area (Å²) in [5.74, 6) is 1.11. The number of hydrogen-bond acceptors (Lipinski definition) is 1. The molecular formula is C15H31N. The monoisotopic (exact) mass is 225 g/mol. The molecule has 0 heterocycles. The first-order chi connectivity index (χ1) is 7.93. The second kappa shape index (κ2) is 10.1. The van der Waals surface area contributed by atoms with Crippen LogP contribution in [0, 0.1) is 5.92 Å². The number of nitrogens with one attached hydrogen (secondary N) is 1. The van der Waals surface area contributed by atoms with Crippen LogP contribution in [-0.2, 0) is 0 Å². The summed E-state index contributed by atoms with van der Waals surface area (Å²) in [5.41, 5.74) is 0. The van der Waals surface area contributed by atoms with Gasteiger partial charge in [0.05, 0.1) is 0 Å². The molecule has 0 saturated heterocycles. The Morgan fingerprint density at radius 2 is 1.44 bits per heavy atom. The average molecular weight is 225 g/mol. The van der Waals surface area contributed by atoms with Gasteiger partial charge in [-0.3, -0.25) is 0 Å². The lowest BCUT2D eigenvalue weighted by Gasteiger charge is -2.04. The van der Waals surface area contributed by atoms with Crippen molar-refractivity contribution >= 4 is 0 Å². The molecule has 0 unspecified atom stereocenters. The van der Waals surface area contributed by atoms with E-state index in [0.717, 1.165) is 5.92 Å². The Bertz CT molecular complexity index is 140. The van der Waals surface area contributed by atoms with Crippen LogP contribution in [0.5, 0.6) is 0 Å². The van der Waals surface area contributed by atoms with E-state index >= 15 is 0 Å². The summed E-state index contributed by atoms with van der Waals surface area (Å²) in [6.45, 7) is 4.79. The maximum Gasteiger partial charge on any atom is -0.00488 e. The van der Waals surface area contributed by atoms with E-state index in [1.807, 2.05) is 0 Å².